The molecular formula is C19H25NO2. The van der Waals surface area contributed by atoms with Crippen LogP contribution in [-0.4, -0.2) is 18.8 Å². The first-order chi connectivity index (χ1) is 10.5. The molecule has 2 rings (SSSR count). The number of phenolic OH excluding ortho intramolecular Hbond substituents is 1. The molecule has 2 aromatic rings. The molecule has 0 aliphatic heterocycles. The molecule has 118 valence electrons. The SMILES string of the molecule is COc1cc(CC(CN)c2ccc(C(C)C)cc2)ccc1O. The van der Waals surface area contributed by atoms with Crippen LogP contribution in [0.2, 0.25) is 0 Å². The van der Waals surface area contributed by atoms with Crippen LogP contribution in [0.15, 0.2) is 42.5 Å². The van der Waals surface area contributed by atoms with Crippen LogP contribution in [0.3, 0.4) is 0 Å². The van der Waals surface area contributed by atoms with Crippen molar-refractivity contribution >= 4 is 0 Å². The van der Waals surface area contributed by atoms with Gasteiger partial charge < -0.3 is 15.6 Å². The second-order valence-electron chi connectivity index (χ2n) is 5.96. The van der Waals surface area contributed by atoms with Crippen molar-refractivity contribution in [1.82, 2.24) is 0 Å². The molecule has 0 saturated carbocycles. The fraction of sp³-hybridized carbons (Fsp3) is 0.368. The van der Waals surface area contributed by atoms with Gasteiger partial charge in [0.2, 0.25) is 0 Å². The Morgan fingerprint density at radius 3 is 2.23 bits per heavy atom. The number of methoxy groups -OCH3 is 1. The molecule has 3 N–H and O–H groups in total. The molecule has 22 heavy (non-hydrogen) atoms. The smallest absolute Gasteiger partial charge is 0.160 e. The van der Waals surface area contributed by atoms with E-state index in [1.807, 2.05) is 12.1 Å². The Morgan fingerprint density at radius 1 is 1.05 bits per heavy atom. The second kappa shape index (κ2) is 7.32. The van der Waals surface area contributed by atoms with Crippen molar-refractivity contribution in [2.75, 3.05) is 13.7 Å². The number of benzene rings is 2. The predicted molar refractivity (Wildman–Crippen MR) is 90.7 cm³/mol. The van der Waals surface area contributed by atoms with Crippen LogP contribution < -0.4 is 10.5 Å². The zero-order valence-corrected chi connectivity index (χ0v) is 13.5. The molecule has 0 aliphatic carbocycles. The molecule has 0 aromatic heterocycles. The van der Waals surface area contributed by atoms with E-state index in [9.17, 15) is 5.11 Å². The maximum Gasteiger partial charge on any atom is 0.160 e. The van der Waals surface area contributed by atoms with Gasteiger partial charge in [0.1, 0.15) is 0 Å². The Balaban J connectivity index is 2.18. The van der Waals surface area contributed by atoms with Crippen LogP contribution in [0.5, 0.6) is 11.5 Å². The van der Waals surface area contributed by atoms with Gasteiger partial charge in [-0.05, 0) is 47.7 Å². The first-order valence-corrected chi connectivity index (χ1v) is 7.71. The van der Waals surface area contributed by atoms with Crippen molar-refractivity contribution in [1.29, 1.82) is 0 Å². The minimum Gasteiger partial charge on any atom is -0.504 e. The summed E-state index contributed by atoms with van der Waals surface area (Å²) in [5, 5.41) is 9.68. The summed E-state index contributed by atoms with van der Waals surface area (Å²) in [5.74, 6) is 1.46. The van der Waals surface area contributed by atoms with E-state index in [-0.39, 0.29) is 11.7 Å². The number of aromatic hydroxyl groups is 1. The van der Waals surface area contributed by atoms with Crippen molar-refractivity contribution in [2.24, 2.45) is 5.73 Å². The third-order valence-corrected chi connectivity index (χ3v) is 4.09. The van der Waals surface area contributed by atoms with Crippen molar-refractivity contribution < 1.29 is 9.84 Å². The van der Waals surface area contributed by atoms with E-state index in [4.69, 9.17) is 10.5 Å². The summed E-state index contributed by atoms with van der Waals surface area (Å²) < 4.78 is 5.17. The van der Waals surface area contributed by atoms with Crippen molar-refractivity contribution in [3.63, 3.8) is 0 Å². The third kappa shape index (κ3) is 3.80. The van der Waals surface area contributed by atoms with Crippen LogP contribution in [-0.2, 0) is 6.42 Å². The standard InChI is InChI=1S/C19H25NO2/c1-13(2)15-5-7-16(8-6-15)17(12-20)10-14-4-9-18(21)19(11-14)22-3/h4-9,11,13,17,21H,10,12,20H2,1-3H3. The van der Waals surface area contributed by atoms with Gasteiger partial charge in [-0.1, -0.05) is 44.2 Å². The maximum atomic E-state index is 9.68. The van der Waals surface area contributed by atoms with Gasteiger partial charge in [0.05, 0.1) is 7.11 Å². The fourth-order valence-corrected chi connectivity index (χ4v) is 2.62. The summed E-state index contributed by atoms with van der Waals surface area (Å²) in [5.41, 5.74) is 9.67. The first kappa shape index (κ1) is 16.4. The number of ether oxygens (including phenoxy) is 1. The van der Waals surface area contributed by atoms with E-state index in [2.05, 4.69) is 38.1 Å². The van der Waals surface area contributed by atoms with Gasteiger partial charge in [0.25, 0.3) is 0 Å². The molecule has 0 heterocycles. The van der Waals surface area contributed by atoms with Crippen LogP contribution in [0.25, 0.3) is 0 Å². The molecule has 3 heteroatoms. The highest BCUT2D eigenvalue weighted by molar-refractivity contribution is 5.42. The van der Waals surface area contributed by atoms with Crippen LogP contribution >= 0.6 is 0 Å². The van der Waals surface area contributed by atoms with E-state index >= 15 is 0 Å². The van der Waals surface area contributed by atoms with E-state index < -0.39 is 0 Å². The molecule has 0 bridgehead atoms. The minimum absolute atomic E-state index is 0.164. The van der Waals surface area contributed by atoms with Crippen molar-refractivity contribution in [3.8, 4) is 11.5 Å². The second-order valence-corrected chi connectivity index (χ2v) is 5.96. The van der Waals surface area contributed by atoms with E-state index in [0.29, 0.717) is 18.2 Å². The summed E-state index contributed by atoms with van der Waals surface area (Å²) in [6.07, 6.45) is 0.828. The molecule has 1 unspecified atom stereocenters. The quantitative estimate of drug-likeness (QED) is 0.853. The average Bonchev–Trinajstić information content (AvgIpc) is 2.54. The van der Waals surface area contributed by atoms with Gasteiger partial charge in [-0.2, -0.15) is 0 Å². The van der Waals surface area contributed by atoms with E-state index in [0.717, 1.165) is 12.0 Å². The zero-order valence-electron chi connectivity index (χ0n) is 13.5. The van der Waals surface area contributed by atoms with Gasteiger partial charge >= 0.3 is 0 Å². The zero-order chi connectivity index (χ0) is 16.1. The van der Waals surface area contributed by atoms with Crippen LogP contribution in [0.4, 0.5) is 0 Å². The molecule has 0 radical (unpaired) electrons. The third-order valence-electron chi connectivity index (χ3n) is 4.09. The molecular weight excluding hydrogens is 274 g/mol. The average molecular weight is 299 g/mol. The Morgan fingerprint density at radius 2 is 1.68 bits per heavy atom. The molecule has 0 amide bonds. The minimum atomic E-state index is 0.164. The Hall–Kier alpha value is -2.00. The molecule has 2 aromatic carbocycles. The number of hydrogen-bond donors (Lipinski definition) is 2. The highest BCUT2D eigenvalue weighted by Gasteiger charge is 2.13. The van der Waals surface area contributed by atoms with Crippen molar-refractivity contribution in [2.45, 2.75) is 32.1 Å². The predicted octanol–water partition coefficient (Wildman–Crippen LogP) is 3.81. The largest absolute Gasteiger partial charge is 0.504 e. The Labute approximate surface area is 132 Å². The summed E-state index contributed by atoms with van der Waals surface area (Å²) in [6.45, 7) is 4.97. The molecule has 0 saturated heterocycles. The maximum absolute atomic E-state index is 9.68. The van der Waals surface area contributed by atoms with Gasteiger partial charge in [0, 0.05) is 5.92 Å². The lowest BCUT2D eigenvalue weighted by molar-refractivity contribution is 0.373. The fourth-order valence-electron chi connectivity index (χ4n) is 2.62. The molecule has 3 nitrogen and oxygen atoms in total. The first-order valence-electron chi connectivity index (χ1n) is 7.71. The van der Waals surface area contributed by atoms with Gasteiger partial charge in [0.15, 0.2) is 11.5 Å². The van der Waals surface area contributed by atoms with Crippen molar-refractivity contribution in [3.05, 3.63) is 59.2 Å². The monoisotopic (exact) mass is 299 g/mol. The summed E-state index contributed by atoms with van der Waals surface area (Å²) in [7, 11) is 1.56. The number of phenols is 1. The molecule has 0 fully saturated rings. The van der Waals surface area contributed by atoms with E-state index in [1.54, 1.807) is 13.2 Å². The van der Waals surface area contributed by atoms with Gasteiger partial charge in [-0.25, -0.2) is 0 Å². The van der Waals surface area contributed by atoms with E-state index in [1.165, 1.54) is 11.1 Å². The van der Waals surface area contributed by atoms with Gasteiger partial charge in [-0.15, -0.1) is 0 Å². The number of rotatable bonds is 6. The lowest BCUT2D eigenvalue weighted by Crippen LogP contribution is -2.15. The van der Waals surface area contributed by atoms with Crippen LogP contribution in [0.1, 0.15) is 42.4 Å². The highest BCUT2D eigenvalue weighted by atomic mass is 16.5. The lowest BCUT2D eigenvalue weighted by atomic mass is 9.90. The summed E-state index contributed by atoms with van der Waals surface area (Å²) in [6, 6.07) is 14.2. The number of nitrogens with two attached hydrogens (primary N) is 1. The summed E-state index contributed by atoms with van der Waals surface area (Å²) in [4.78, 5) is 0. The molecule has 0 aliphatic rings. The topological polar surface area (TPSA) is 55.5 Å². The Kier molecular flexibility index (Phi) is 5.45. The highest BCUT2D eigenvalue weighted by Crippen LogP contribution is 2.29. The number of hydrogen-bond acceptors (Lipinski definition) is 3. The molecule has 1 atom stereocenters. The Bertz CT molecular complexity index is 605. The van der Waals surface area contributed by atoms with Gasteiger partial charge in [-0.3, -0.25) is 0 Å². The summed E-state index contributed by atoms with van der Waals surface area (Å²) >= 11 is 0. The normalized spacial score (nSPS) is 12.4. The lowest BCUT2D eigenvalue weighted by Gasteiger charge is -2.17. The molecule has 0 spiro atoms. The van der Waals surface area contributed by atoms with Crippen LogP contribution in [0, 0.1) is 0 Å².